The molecule has 5 heteroatoms. The van der Waals surface area contributed by atoms with Gasteiger partial charge in [-0.25, -0.2) is 4.99 Å². The summed E-state index contributed by atoms with van der Waals surface area (Å²) in [4.78, 5) is 6.95. The molecule has 0 saturated carbocycles. The number of guanidine groups is 1. The molecule has 0 spiro atoms. The summed E-state index contributed by atoms with van der Waals surface area (Å²) < 4.78 is 5.07. The van der Waals surface area contributed by atoms with Crippen molar-refractivity contribution in [1.82, 2.24) is 10.2 Å². The molecule has 3 N–H and O–H groups in total. The fraction of sp³-hybridized carbons (Fsp3) is 0.632. The van der Waals surface area contributed by atoms with E-state index in [4.69, 9.17) is 10.5 Å². The van der Waals surface area contributed by atoms with E-state index >= 15 is 0 Å². The van der Waals surface area contributed by atoms with Crippen LogP contribution in [0.2, 0.25) is 0 Å². The summed E-state index contributed by atoms with van der Waals surface area (Å²) in [5, 5.41) is 3.12. The Hall–Kier alpha value is -1.59. The van der Waals surface area contributed by atoms with Crippen molar-refractivity contribution < 1.29 is 4.74 Å². The Labute approximate surface area is 146 Å². The van der Waals surface area contributed by atoms with Gasteiger partial charge in [0, 0.05) is 26.2 Å². The van der Waals surface area contributed by atoms with Crippen molar-refractivity contribution in [2.75, 3.05) is 26.8 Å². The first-order valence-corrected chi connectivity index (χ1v) is 8.92. The number of aliphatic imine (C=N–C) groups is 1. The normalized spacial score (nSPS) is 20.8. The van der Waals surface area contributed by atoms with Gasteiger partial charge in [0.25, 0.3) is 0 Å². The van der Waals surface area contributed by atoms with E-state index in [9.17, 15) is 0 Å². The molecule has 1 aliphatic heterocycles. The van der Waals surface area contributed by atoms with E-state index in [0.29, 0.717) is 19.1 Å². The predicted octanol–water partition coefficient (Wildman–Crippen LogP) is 2.36. The van der Waals surface area contributed by atoms with Crippen LogP contribution in [0.3, 0.4) is 0 Å². The number of nitrogens with zero attached hydrogens (tertiary/aromatic N) is 2. The zero-order chi connectivity index (χ0) is 17.4. The molecule has 134 valence electrons. The largest absolute Gasteiger partial charge is 0.383 e. The van der Waals surface area contributed by atoms with Crippen molar-refractivity contribution in [1.29, 1.82) is 0 Å². The van der Waals surface area contributed by atoms with Gasteiger partial charge in [0.15, 0.2) is 5.96 Å². The van der Waals surface area contributed by atoms with Crippen molar-refractivity contribution >= 4 is 5.96 Å². The van der Waals surface area contributed by atoms with Gasteiger partial charge in [0.2, 0.25) is 0 Å². The lowest BCUT2D eigenvalue weighted by molar-refractivity contribution is 0.176. The zero-order valence-electron chi connectivity index (χ0n) is 15.3. The third kappa shape index (κ3) is 6.49. The monoisotopic (exact) mass is 332 g/mol. The lowest BCUT2D eigenvalue weighted by atomic mass is 9.99. The molecule has 0 aromatic heterocycles. The van der Waals surface area contributed by atoms with E-state index in [1.807, 2.05) is 6.92 Å². The molecule has 2 unspecified atom stereocenters. The molecular weight excluding hydrogens is 300 g/mol. The molecule has 1 aliphatic rings. The van der Waals surface area contributed by atoms with Gasteiger partial charge in [0.1, 0.15) is 0 Å². The van der Waals surface area contributed by atoms with E-state index < -0.39 is 0 Å². The Morgan fingerprint density at radius 1 is 1.38 bits per heavy atom. The highest BCUT2D eigenvalue weighted by Gasteiger charge is 2.15. The molecule has 5 nitrogen and oxygen atoms in total. The molecule has 0 bridgehead atoms. The van der Waals surface area contributed by atoms with Crippen LogP contribution < -0.4 is 11.1 Å². The zero-order valence-corrected chi connectivity index (χ0v) is 15.3. The van der Waals surface area contributed by atoms with Gasteiger partial charge in [-0.15, -0.1) is 0 Å². The number of methoxy groups -OCH3 is 1. The summed E-state index contributed by atoms with van der Waals surface area (Å²) in [7, 11) is 1.68. The van der Waals surface area contributed by atoms with Gasteiger partial charge < -0.3 is 15.8 Å². The van der Waals surface area contributed by atoms with Gasteiger partial charge in [-0.2, -0.15) is 0 Å². The Bertz CT molecular complexity index is 515. The van der Waals surface area contributed by atoms with Crippen LogP contribution in [-0.2, 0) is 17.8 Å². The van der Waals surface area contributed by atoms with Crippen LogP contribution in [-0.4, -0.2) is 43.7 Å². The summed E-state index contributed by atoms with van der Waals surface area (Å²) in [5.74, 6) is 1.29. The summed E-state index contributed by atoms with van der Waals surface area (Å²) in [5.41, 5.74) is 8.44. The number of hydrogen-bond donors (Lipinski definition) is 2. The molecule has 24 heavy (non-hydrogen) atoms. The molecule has 1 heterocycles. The average molecular weight is 332 g/mol. The number of benzene rings is 1. The lowest BCUT2D eigenvalue weighted by Crippen LogP contribution is -2.40. The molecule has 0 aliphatic carbocycles. The smallest absolute Gasteiger partial charge is 0.189 e. The molecule has 1 saturated heterocycles. The summed E-state index contributed by atoms with van der Waals surface area (Å²) in [6, 6.07) is 8.88. The first kappa shape index (κ1) is 18.7. The molecule has 2 atom stereocenters. The molecule has 1 aromatic carbocycles. The van der Waals surface area contributed by atoms with E-state index in [-0.39, 0.29) is 6.04 Å². The predicted molar refractivity (Wildman–Crippen MR) is 99.9 cm³/mol. The molecule has 1 fully saturated rings. The third-order valence-corrected chi connectivity index (χ3v) is 4.41. The highest BCUT2D eigenvalue weighted by Crippen LogP contribution is 2.18. The fourth-order valence-electron chi connectivity index (χ4n) is 3.20. The first-order valence-electron chi connectivity index (χ1n) is 8.92. The van der Waals surface area contributed by atoms with E-state index in [1.54, 1.807) is 7.11 Å². The van der Waals surface area contributed by atoms with Crippen LogP contribution in [0.1, 0.15) is 37.8 Å². The second kappa shape index (κ2) is 9.64. The number of likely N-dealkylation sites (tertiary alicyclic amines) is 1. The maximum atomic E-state index is 5.90. The minimum Gasteiger partial charge on any atom is -0.383 e. The summed E-state index contributed by atoms with van der Waals surface area (Å²) >= 11 is 0. The maximum Gasteiger partial charge on any atom is 0.189 e. The van der Waals surface area contributed by atoms with Crippen LogP contribution in [0.25, 0.3) is 0 Å². The van der Waals surface area contributed by atoms with Crippen molar-refractivity contribution in [3.05, 3.63) is 35.4 Å². The molecule has 0 amide bonds. The van der Waals surface area contributed by atoms with E-state index in [2.05, 4.69) is 46.4 Å². The van der Waals surface area contributed by atoms with Gasteiger partial charge in [-0.3, -0.25) is 4.90 Å². The minimum absolute atomic E-state index is 0.160. The molecule has 2 rings (SSSR count). The van der Waals surface area contributed by atoms with Gasteiger partial charge in [0.05, 0.1) is 13.2 Å². The second-order valence-electron chi connectivity index (χ2n) is 7.00. The Morgan fingerprint density at radius 3 is 2.75 bits per heavy atom. The summed E-state index contributed by atoms with van der Waals surface area (Å²) in [6.07, 6.45) is 2.69. The van der Waals surface area contributed by atoms with Crippen LogP contribution in [0.15, 0.2) is 29.3 Å². The van der Waals surface area contributed by atoms with Gasteiger partial charge in [-0.1, -0.05) is 31.2 Å². The SMILES string of the molecule is COCC(C)NC(N)=NCc1ccc(CN2CCCC(C)C2)cc1. The number of nitrogens with one attached hydrogen (secondary N) is 1. The van der Waals surface area contributed by atoms with Gasteiger partial charge in [-0.05, 0) is 43.4 Å². The third-order valence-electron chi connectivity index (χ3n) is 4.41. The number of rotatable bonds is 7. The Balaban J connectivity index is 1.81. The number of hydrogen-bond acceptors (Lipinski definition) is 3. The topological polar surface area (TPSA) is 62.9 Å². The highest BCUT2D eigenvalue weighted by molar-refractivity contribution is 5.78. The van der Waals surface area contributed by atoms with Crippen LogP contribution in [0.4, 0.5) is 0 Å². The standard InChI is InChI=1S/C19H32N4O/c1-15-5-4-10-23(12-15)13-18-8-6-17(7-9-18)11-21-19(20)22-16(2)14-24-3/h6-9,15-16H,4-5,10-14H2,1-3H3,(H3,20,21,22). The Morgan fingerprint density at radius 2 is 2.08 bits per heavy atom. The van der Waals surface area contributed by atoms with Crippen molar-refractivity contribution in [2.24, 2.45) is 16.6 Å². The Kier molecular flexibility index (Phi) is 7.53. The van der Waals surface area contributed by atoms with Crippen LogP contribution in [0.5, 0.6) is 0 Å². The number of nitrogens with two attached hydrogens (primary N) is 1. The highest BCUT2D eigenvalue weighted by atomic mass is 16.5. The second-order valence-corrected chi connectivity index (χ2v) is 7.00. The van der Waals surface area contributed by atoms with Crippen molar-refractivity contribution in [3.8, 4) is 0 Å². The maximum absolute atomic E-state index is 5.90. The quantitative estimate of drug-likeness (QED) is 0.594. The van der Waals surface area contributed by atoms with Crippen LogP contribution >= 0.6 is 0 Å². The average Bonchev–Trinajstić information content (AvgIpc) is 2.54. The van der Waals surface area contributed by atoms with Gasteiger partial charge >= 0.3 is 0 Å². The number of ether oxygens (including phenoxy) is 1. The van der Waals surface area contributed by atoms with Crippen LogP contribution in [0, 0.1) is 5.92 Å². The first-order chi connectivity index (χ1) is 11.6. The number of piperidine rings is 1. The fourth-order valence-corrected chi connectivity index (χ4v) is 3.20. The van der Waals surface area contributed by atoms with Crippen molar-refractivity contribution in [2.45, 2.75) is 45.8 Å². The summed E-state index contributed by atoms with van der Waals surface area (Å²) in [6.45, 7) is 9.05. The molecular formula is C19H32N4O. The molecule has 1 aromatic rings. The lowest BCUT2D eigenvalue weighted by Gasteiger charge is -2.30. The van der Waals surface area contributed by atoms with Crippen molar-refractivity contribution in [3.63, 3.8) is 0 Å². The molecule has 0 radical (unpaired) electrons. The van der Waals surface area contributed by atoms with E-state index in [1.165, 1.54) is 37.1 Å². The minimum atomic E-state index is 0.160. The van der Waals surface area contributed by atoms with E-state index in [0.717, 1.165) is 12.5 Å².